The van der Waals surface area contributed by atoms with E-state index in [0.29, 0.717) is 6.42 Å². The minimum absolute atomic E-state index is 0.0856. The maximum atomic E-state index is 10.9. The van der Waals surface area contributed by atoms with Crippen molar-refractivity contribution in [1.82, 2.24) is 10.6 Å². The predicted molar refractivity (Wildman–Crippen MR) is 58.4 cm³/mol. The third-order valence-electron chi connectivity index (χ3n) is 2.28. The Morgan fingerprint density at radius 2 is 2.40 bits per heavy atom. The summed E-state index contributed by atoms with van der Waals surface area (Å²) in [6.45, 7) is 2.86. The molecule has 0 unspecified atom stereocenters. The molecule has 1 heterocycles. The average molecular weight is 210 g/mol. The zero-order chi connectivity index (χ0) is 11.1. The van der Waals surface area contributed by atoms with Gasteiger partial charge in [0.2, 0.25) is 5.91 Å². The molecule has 4 heteroatoms. The number of nitrogens with one attached hydrogen (secondary N) is 2. The van der Waals surface area contributed by atoms with Crippen molar-refractivity contribution < 1.29 is 9.21 Å². The van der Waals surface area contributed by atoms with Crippen molar-refractivity contribution in [2.24, 2.45) is 0 Å². The molecule has 1 rings (SSSR count). The van der Waals surface area contributed by atoms with Gasteiger partial charge in [0.25, 0.3) is 0 Å². The van der Waals surface area contributed by atoms with Gasteiger partial charge >= 0.3 is 0 Å². The fraction of sp³-hybridized carbons (Fsp3) is 0.545. The molecule has 0 aromatic carbocycles. The molecule has 0 fully saturated rings. The summed E-state index contributed by atoms with van der Waals surface area (Å²) in [5.41, 5.74) is 0. The number of carbonyl (C=O) groups is 1. The van der Waals surface area contributed by atoms with Crippen LogP contribution >= 0.6 is 0 Å². The van der Waals surface area contributed by atoms with Crippen molar-refractivity contribution in [1.29, 1.82) is 0 Å². The van der Waals surface area contributed by atoms with E-state index in [-0.39, 0.29) is 11.9 Å². The first-order valence-corrected chi connectivity index (χ1v) is 5.21. The Bertz CT molecular complexity index is 283. The first kappa shape index (κ1) is 11.8. The van der Waals surface area contributed by atoms with Crippen LogP contribution in [-0.2, 0) is 4.79 Å². The Morgan fingerprint density at radius 3 is 3.00 bits per heavy atom. The van der Waals surface area contributed by atoms with Crippen LogP contribution in [0.15, 0.2) is 22.8 Å². The number of hydrogen-bond acceptors (Lipinski definition) is 3. The van der Waals surface area contributed by atoms with Crippen molar-refractivity contribution in [3.63, 3.8) is 0 Å². The van der Waals surface area contributed by atoms with Gasteiger partial charge in [0, 0.05) is 13.5 Å². The summed E-state index contributed by atoms with van der Waals surface area (Å²) in [7, 11) is 1.65. The summed E-state index contributed by atoms with van der Waals surface area (Å²) in [4.78, 5) is 10.9. The highest BCUT2D eigenvalue weighted by Crippen LogP contribution is 2.11. The summed E-state index contributed by atoms with van der Waals surface area (Å²) >= 11 is 0. The van der Waals surface area contributed by atoms with Gasteiger partial charge in [-0.05, 0) is 32.0 Å². The van der Waals surface area contributed by atoms with Crippen molar-refractivity contribution in [2.45, 2.75) is 25.8 Å². The van der Waals surface area contributed by atoms with Gasteiger partial charge in [0.05, 0.1) is 12.3 Å². The van der Waals surface area contributed by atoms with Gasteiger partial charge in [0.15, 0.2) is 0 Å². The Morgan fingerprint density at radius 1 is 1.60 bits per heavy atom. The summed E-state index contributed by atoms with van der Waals surface area (Å²) in [5.74, 6) is 1.01. The molecule has 1 aromatic rings. The summed E-state index contributed by atoms with van der Waals surface area (Å²) in [6, 6.07) is 4.01. The van der Waals surface area contributed by atoms with E-state index in [4.69, 9.17) is 4.42 Å². The van der Waals surface area contributed by atoms with Crippen LogP contribution in [0.5, 0.6) is 0 Å². The Kier molecular flexibility index (Phi) is 4.90. The molecule has 84 valence electrons. The molecule has 2 N–H and O–H groups in total. The van der Waals surface area contributed by atoms with Crippen molar-refractivity contribution in [2.75, 3.05) is 13.6 Å². The zero-order valence-electron chi connectivity index (χ0n) is 9.25. The molecule has 0 spiro atoms. The first-order chi connectivity index (χ1) is 7.24. The fourth-order valence-corrected chi connectivity index (χ4v) is 1.33. The largest absolute Gasteiger partial charge is 0.468 e. The van der Waals surface area contributed by atoms with Gasteiger partial charge in [-0.15, -0.1) is 0 Å². The molecule has 15 heavy (non-hydrogen) atoms. The van der Waals surface area contributed by atoms with Gasteiger partial charge in [-0.2, -0.15) is 0 Å². The van der Waals surface area contributed by atoms with Crippen LogP contribution in [0, 0.1) is 0 Å². The molecular formula is C11H18N2O2. The van der Waals surface area contributed by atoms with Crippen LogP contribution in [0.4, 0.5) is 0 Å². The molecule has 4 nitrogen and oxygen atoms in total. The normalized spacial score (nSPS) is 12.4. The first-order valence-electron chi connectivity index (χ1n) is 5.21. The van der Waals surface area contributed by atoms with Gasteiger partial charge in [-0.25, -0.2) is 0 Å². The Balaban J connectivity index is 2.13. The SMILES string of the molecule is CNC(=O)CCCN[C@@H](C)c1ccco1. The molecule has 0 aliphatic rings. The summed E-state index contributed by atoms with van der Waals surface area (Å²) in [6.07, 6.45) is 3.07. The molecule has 0 aliphatic heterocycles. The summed E-state index contributed by atoms with van der Waals surface area (Å²) < 4.78 is 5.25. The van der Waals surface area contributed by atoms with Crippen LogP contribution in [-0.4, -0.2) is 19.5 Å². The van der Waals surface area contributed by atoms with Crippen LogP contribution in [0.1, 0.15) is 31.6 Å². The third kappa shape index (κ3) is 4.16. The highest BCUT2D eigenvalue weighted by molar-refractivity contribution is 5.75. The van der Waals surface area contributed by atoms with Crippen molar-refractivity contribution >= 4 is 5.91 Å². The third-order valence-corrected chi connectivity index (χ3v) is 2.28. The standard InChI is InChI=1S/C11H18N2O2/c1-9(10-5-4-8-15-10)13-7-3-6-11(14)12-2/h4-5,8-9,13H,3,6-7H2,1-2H3,(H,12,14)/t9-/m0/s1. The molecule has 1 aromatic heterocycles. The quantitative estimate of drug-likeness (QED) is 0.699. The molecule has 0 saturated carbocycles. The van der Waals surface area contributed by atoms with E-state index in [9.17, 15) is 4.79 Å². The van der Waals surface area contributed by atoms with Crippen LogP contribution in [0.2, 0.25) is 0 Å². The average Bonchev–Trinajstić information content (AvgIpc) is 2.77. The second-order valence-corrected chi connectivity index (χ2v) is 3.47. The molecular weight excluding hydrogens is 192 g/mol. The van der Waals surface area contributed by atoms with Crippen LogP contribution in [0.3, 0.4) is 0 Å². The molecule has 1 amide bonds. The second kappa shape index (κ2) is 6.24. The number of furan rings is 1. The molecule has 0 bridgehead atoms. The zero-order valence-corrected chi connectivity index (χ0v) is 9.25. The van der Waals surface area contributed by atoms with Gasteiger partial charge in [-0.1, -0.05) is 0 Å². The highest BCUT2D eigenvalue weighted by Gasteiger charge is 2.06. The maximum Gasteiger partial charge on any atom is 0.219 e. The molecule has 1 atom stereocenters. The lowest BCUT2D eigenvalue weighted by Crippen LogP contribution is -2.22. The highest BCUT2D eigenvalue weighted by atomic mass is 16.3. The number of hydrogen-bond donors (Lipinski definition) is 2. The van der Waals surface area contributed by atoms with E-state index in [1.165, 1.54) is 0 Å². The van der Waals surface area contributed by atoms with E-state index in [2.05, 4.69) is 10.6 Å². The summed E-state index contributed by atoms with van der Waals surface area (Å²) in [5, 5.41) is 5.89. The van der Waals surface area contributed by atoms with E-state index in [1.54, 1.807) is 13.3 Å². The number of carbonyl (C=O) groups excluding carboxylic acids is 1. The van der Waals surface area contributed by atoms with E-state index < -0.39 is 0 Å². The number of amides is 1. The minimum Gasteiger partial charge on any atom is -0.468 e. The lowest BCUT2D eigenvalue weighted by molar-refractivity contribution is -0.120. The second-order valence-electron chi connectivity index (χ2n) is 3.47. The van der Waals surface area contributed by atoms with Crippen LogP contribution in [0.25, 0.3) is 0 Å². The Hall–Kier alpha value is -1.29. The van der Waals surface area contributed by atoms with Crippen LogP contribution < -0.4 is 10.6 Å². The van der Waals surface area contributed by atoms with E-state index >= 15 is 0 Å². The van der Waals surface area contributed by atoms with Gasteiger partial charge in [-0.3, -0.25) is 4.79 Å². The number of rotatable bonds is 6. The predicted octanol–water partition coefficient (Wildman–Crippen LogP) is 1.46. The lowest BCUT2D eigenvalue weighted by atomic mass is 10.2. The van der Waals surface area contributed by atoms with E-state index in [0.717, 1.165) is 18.7 Å². The fourth-order valence-electron chi connectivity index (χ4n) is 1.33. The van der Waals surface area contributed by atoms with Gasteiger partial charge < -0.3 is 15.1 Å². The topological polar surface area (TPSA) is 54.3 Å². The smallest absolute Gasteiger partial charge is 0.219 e. The molecule has 0 aliphatic carbocycles. The minimum atomic E-state index is 0.0856. The van der Waals surface area contributed by atoms with Crippen molar-refractivity contribution in [3.8, 4) is 0 Å². The molecule has 0 saturated heterocycles. The monoisotopic (exact) mass is 210 g/mol. The van der Waals surface area contributed by atoms with Gasteiger partial charge in [0.1, 0.15) is 5.76 Å². The Labute approximate surface area is 90.0 Å². The maximum absolute atomic E-state index is 10.9. The van der Waals surface area contributed by atoms with E-state index in [1.807, 2.05) is 19.1 Å². The lowest BCUT2D eigenvalue weighted by Gasteiger charge is -2.10. The van der Waals surface area contributed by atoms with Crippen molar-refractivity contribution in [3.05, 3.63) is 24.2 Å². The molecule has 0 radical (unpaired) electrons.